The zero-order valence-electron chi connectivity index (χ0n) is 26.5. The van der Waals surface area contributed by atoms with E-state index in [-0.39, 0.29) is 18.0 Å². The standard InChI is InChI=1S/C35H66O4/c1-4-6-8-10-12-13-14-15-16-17-19-23-28-32-35(37)39-33(29-25-21-18-11-9-7-5-2)30-26-22-20-24-27-31-34(36)38-3/h27,31,33H,4-26,28-30,32H2,1-3H3. The minimum Gasteiger partial charge on any atom is -0.466 e. The molecule has 0 amide bonds. The Morgan fingerprint density at radius 1 is 0.564 bits per heavy atom. The largest absolute Gasteiger partial charge is 0.466 e. The summed E-state index contributed by atoms with van der Waals surface area (Å²) in [5, 5.41) is 0. The number of hydrogen-bond donors (Lipinski definition) is 0. The zero-order chi connectivity index (χ0) is 28.7. The molecule has 4 heteroatoms. The van der Waals surface area contributed by atoms with Gasteiger partial charge in [0, 0.05) is 12.5 Å². The van der Waals surface area contributed by atoms with Crippen LogP contribution in [0.2, 0.25) is 0 Å². The van der Waals surface area contributed by atoms with Crippen molar-refractivity contribution in [3.05, 3.63) is 12.2 Å². The van der Waals surface area contributed by atoms with Gasteiger partial charge in [-0.1, -0.05) is 142 Å². The molecule has 0 aliphatic carbocycles. The van der Waals surface area contributed by atoms with Crippen molar-refractivity contribution in [2.75, 3.05) is 7.11 Å². The van der Waals surface area contributed by atoms with Crippen LogP contribution in [0.5, 0.6) is 0 Å². The minimum atomic E-state index is -0.292. The van der Waals surface area contributed by atoms with Crippen LogP contribution in [0, 0.1) is 0 Å². The van der Waals surface area contributed by atoms with Gasteiger partial charge in [-0.05, 0) is 44.9 Å². The van der Waals surface area contributed by atoms with E-state index < -0.39 is 0 Å². The lowest BCUT2D eigenvalue weighted by molar-refractivity contribution is -0.150. The highest BCUT2D eigenvalue weighted by atomic mass is 16.5. The Bertz CT molecular complexity index is 557. The van der Waals surface area contributed by atoms with Gasteiger partial charge in [0.2, 0.25) is 0 Å². The van der Waals surface area contributed by atoms with Gasteiger partial charge in [0.05, 0.1) is 7.11 Å². The van der Waals surface area contributed by atoms with E-state index in [4.69, 9.17) is 4.74 Å². The Hall–Kier alpha value is -1.32. The van der Waals surface area contributed by atoms with Crippen molar-refractivity contribution in [1.82, 2.24) is 0 Å². The molecular weight excluding hydrogens is 484 g/mol. The first-order valence-corrected chi connectivity index (χ1v) is 17.1. The number of esters is 2. The Balaban J connectivity index is 4.01. The molecular formula is C35H66O4. The van der Waals surface area contributed by atoms with Gasteiger partial charge in [0.15, 0.2) is 0 Å². The summed E-state index contributed by atoms with van der Waals surface area (Å²) < 4.78 is 10.6. The fraction of sp³-hybridized carbons (Fsp3) is 0.886. The molecule has 0 heterocycles. The fourth-order valence-electron chi connectivity index (χ4n) is 5.18. The van der Waals surface area contributed by atoms with Gasteiger partial charge in [0.1, 0.15) is 6.10 Å². The van der Waals surface area contributed by atoms with Crippen LogP contribution in [-0.4, -0.2) is 25.2 Å². The highest BCUT2D eigenvalue weighted by Gasteiger charge is 2.14. The Labute approximate surface area is 243 Å². The molecule has 0 aromatic carbocycles. The molecule has 0 fully saturated rings. The quantitative estimate of drug-likeness (QED) is 0.0507. The molecule has 230 valence electrons. The number of ether oxygens (including phenoxy) is 2. The minimum absolute atomic E-state index is 0.00651. The lowest BCUT2D eigenvalue weighted by atomic mass is 10.0. The van der Waals surface area contributed by atoms with E-state index in [0.29, 0.717) is 6.42 Å². The molecule has 0 aliphatic rings. The van der Waals surface area contributed by atoms with Gasteiger partial charge in [-0.25, -0.2) is 4.79 Å². The van der Waals surface area contributed by atoms with Crippen LogP contribution in [-0.2, 0) is 19.1 Å². The summed E-state index contributed by atoms with van der Waals surface area (Å²) in [6, 6.07) is 0. The first-order valence-electron chi connectivity index (χ1n) is 17.1. The molecule has 0 bridgehead atoms. The van der Waals surface area contributed by atoms with E-state index in [9.17, 15) is 9.59 Å². The number of rotatable bonds is 30. The second-order valence-corrected chi connectivity index (χ2v) is 11.6. The lowest BCUT2D eigenvalue weighted by Gasteiger charge is -2.18. The Morgan fingerprint density at radius 2 is 0.974 bits per heavy atom. The molecule has 0 radical (unpaired) electrons. The van der Waals surface area contributed by atoms with Gasteiger partial charge < -0.3 is 9.47 Å². The molecule has 0 saturated heterocycles. The van der Waals surface area contributed by atoms with Crippen LogP contribution >= 0.6 is 0 Å². The summed E-state index contributed by atoms with van der Waals surface area (Å²) in [5.74, 6) is -0.285. The van der Waals surface area contributed by atoms with E-state index in [1.807, 2.05) is 6.08 Å². The third-order valence-corrected chi connectivity index (χ3v) is 7.76. The fourth-order valence-corrected chi connectivity index (χ4v) is 5.18. The van der Waals surface area contributed by atoms with Gasteiger partial charge in [0.25, 0.3) is 0 Å². The average Bonchev–Trinajstić information content (AvgIpc) is 2.94. The highest BCUT2D eigenvalue weighted by molar-refractivity contribution is 5.81. The molecule has 0 aromatic rings. The summed E-state index contributed by atoms with van der Waals surface area (Å²) in [7, 11) is 1.40. The Morgan fingerprint density at radius 3 is 1.44 bits per heavy atom. The smallest absolute Gasteiger partial charge is 0.330 e. The molecule has 0 rings (SSSR count). The van der Waals surface area contributed by atoms with Crippen LogP contribution in [0.3, 0.4) is 0 Å². The molecule has 0 aromatic heterocycles. The zero-order valence-corrected chi connectivity index (χ0v) is 26.5. The first-order chi connectivity index (χ1) is 19.1. The molecule has 0 N–H and O–H groups in total. The number of methoxy groups -OCH3 is 1. The third-order valence-electron chi connectivity index (χ3n) is 7.76. The summed E-state index contributed by atoms with van der Waals surface area (Å²) in [5.41, 5.74) is 0. The number of unbranched alkanes of at least 4 members (excludes halogenated alkanes) is 21. The summed E-state index contributed by atoms with van der Waals surface area (Å²) in [6.07, 6.45) is 36.2. The van der Waals surface area contributed by atoms with E-state index in [2.05, 4.69) is 18.6 Å². The second kappa shape index (κ2) is 31.2. The van der Waals surface area contributed by atoms with E-state index in [1.165, 1.54) is 122 Å². The summed E-state index contributed by atoms with van der Waals surface area (Å²) >= 11 is 0. The number of carbonyl (C=O) groups excluding carboxylic acids is 2. The predicted molar refractivity (Wildman–Crippen MR) is 167 cm³/mol. The lowest BCUT2D eigenvalue weighted by Crippen LogP contribution is -2.18. The number of hydrogen-bond acceptors (Lipinski definition) is 4. The molecule has 0 spiro atoms. The van der Waals surface area contributed by atoms with Crippen LogP contribution in [0.15, 0.2) is 12.2 Å². The van der Waals surface area contributed by atoms with Gasteiger partial charge in [-0.2, -0.15) is 0 Å². The second-order valence-electron chi connectivity index (χ2n) is 11.6. The molecule has 4 nitrogen and oxygen atoms in total. The predicted octanol–water partition coefficient (Wildman–Crippen LogP) is 11.2. The van der Waals surface area contributed by atoms with Crippen molar-refractivity contribution >= 4 is 11.9 Å². The third kappa shape index (κ3) is 29.5. The topological polar surface area (TPSA) is 52.6 Å². The average molecular weight is 551 g/mol. The summed E-state index contributed by atoms with van der Waals surface area (Å²) in [6.45, 7) is 4.53. The highest BCUT2D eigenvalue weighted by Crippen LogP contribution is 2.18. The van der Waals surface area contributed by atoms with Gasteiger partial charge in [-0.3, -0.25) is 4.79 Å². The van der Waals surface area contributed by atoms with E-state index in [0.717, 1.165) is 57.8 Å². The van der Waals surface area contributed by atoms with Crippen molar-refractivity contribution in [3.63, 3.8) is 0 Å². The molecule has 1 atom stereocenters. The van der Waals surface area contributed by atoms with Crippen molar-refractivity contribution in [1.29, 1.82) is 0 Å². The van der Waals surface area contributed by atoms with Crippen LogP contribution in [0.1, 0.15) is 187 Å². The first kappa shape index (κ1) is 37.7. The monoisotopic (exact) mass is 550 g/mol. The van der Waals surface area contributed by atoms with Gasteiger partial charge >= 0.3 is 11.9 Å². The van der Waals surface area contributed by atoms with Crippen molar-refractivity contribution in [2.24, 2.45) is 0 Å². The van der Waals surface area contributed by atoms with E-state index in [1.54, 1.807) is 0 Å². The Kier molecular flexibility index (Phi) is 30.2. The SMILES string of the molecule is CCCCCCCCCCCCCCCC(=O)OC(CCCCCC=CC(=O)OC)CCCCCCCCC. The number of carbonyl (C=O) groups is 2. The normalized spacial score (nSPS) is 12.2. The maximum absolute atomic E-state index is 12.6. The van der Waals surface area contributed by atoms with E-state index >= 15 is 0 Å². The molecule has 39 heavy (non-hydrogen) atoms. The van der Waals surface area contributed by atoms with Crippen molar-refractivity contribution in [2.45, 2.75) is 193 Å². The van der Waals surface area contributed by atoms with Crippen molar-refractivity contribution < 1.29 is 19.1 Å². The van der Waals surface area contributed by atoms with Crippen LogP contribution in [0.25, 0.3) is 0 Å². The van der Waals surface area contributed by atoms with Crippen molar-refractivity contribution in [3.8, 4) is 0 Å². The summed E-state index contributed by atoms with van der Waals surface area (Å²) in [4.78, 5) is 23.7. The maximum Gasteiger partial charge on any atom is 0.330 e. The molecule has 0 aliphatic heterocycles. The maximum atomic E-state index is 12.6. The van der Waals surface area contributed by atoms with Crippen LogP contribution < -0.4 is 0 Å². The number of allylic oxidation sites excluding steroid dienone is 1. The molecule has 0 saturated carbocycles. The van der Waals surface area contributed by atoms with Crippen LogP contribution in [0.4, 0.5) is 0 Å². The molecule has 1 unspecified atom stereocenters. The van der Waals surface area contributed by atoms with Gasteiger partial charge in [-0.15, -0.1) is 0 Å².